The van der Waals surface area contributed by atoms with E-state index >= 15 is 0 Å². The fraction of sp³-hybridized carbons (Fsp3) is 0.417. The molecule has 6 heteroatoms. The first-order valence-corrected chi connectivity index (χ1v) is 11.0. The molecule has 2 aromatic rings. The van der Waals surface area contributed by atoms with Crippen molar-refractivity contribution in [2.24, 2.45) is 0 Å². The molecule has 0 amide bonds. The lowest BCUT2D eigenvalue weighted by Crippen LogP contribution is -2.34. The SMILES string of the molecule is C#CCOCCCCCC(Cc1ccccc1)NCC(O)c1cc(Cl)c(N)c(Cl)c1. The minimum Gasteiger partial charge on any atom is -0.396 e. The lowest BCUT2D eigenvalue weighted by atomic mass is 9.99. The number of rotatable bonds is 13. The maximum atomic E-state index is 10.6. The first kappa shape index (κ1) is 24.5. The first-order valence-electron chi connectivity index (χ1n) is 10.2. The molecule has 162 valence electrons. The number of terminal acetylenes is 1. The number of nitrogens with one attached hydrogen (secondary N) is 1. The van der Waals surface area contributed by atoms with Gasteiger partial charge in [-0.15, -0.1) is 6.42 Å². The highest BCUT2D eigenvalue weighted by atomic mass is 35.5. The Bertz CT molecular complexity index is 786. The van der Waals surface area contributed by atoms with E-state index in [1.165, 1.54) is 5.56 Å². The van der Waals surface area contributed by atoms with E-state index in [1.807, 2.05) is 18.2 Å². The molecular formula is C24H30Cl2N2O2. The summed E-state index contributed by atoms with van der Waals surface area (Å²) in [6.45, 7) is 1.47. The molecule has 0 aromatic heterocycles. The predicted octanol–water partition coefficient (Wildman–Crippen LogP) is 5.02. The molecule has 0 aliphatic heterocycles. The zero-order valence-corrected chi connectivity index (χ0v) is 18.6. The van der Waals surface area contributed by atoms with Crippen molar-refractivity contribution in [3.8, 4) is 12.3 Å². The quantitative estimate of drug-likeness (QED) is 0.228. The summed E-state index contributed by atoms with van der Waals surface area (Å²) in [6, 6.07) is 13.9. The number of aliphatic hydroxyl groups excluding tert-OH is 1. The van der Waals surface area contributed by atoms with Gasteiger partial charge in [-0.25, -0.2) is 0 Å². The average Bonchev–Trinajstić information content (AvgIpc) is 2.75. The van der Waals surface area contributed by atoms with Gasteiger partial charge in [-0.3, -0.25) is 0 Å². The van der Waals surface area contributed by atoms with E-state index in [0.29, 0.717) is 41.1 Å². The van der Waals surface area contributed by atoms with Crippen LogP contribution >= 0.6 is 23.2 Å². The van der Waals surface area contributed by atoms with E-state index < -0.39 is 6.10 Å². The van der Waals surface area contributed by atoms with E-state index in [4.69, 9.17) is 40.1 Å². The normalized spacial score (nSPS) is 13.0. The van der Waals surface area contributed by atoms with E-state index in [2.05, 4.69) is 23.4 Å². The van der Waals surface area contributed by atoms with Crippen molar-refractivity contribution in [2.45, 2.75) is 44.2 Å². The molecule has 2 aromatic carbocycles. The number of hydrogen-bond acceptors (Lipinski definition) is 4. The summed E-state index contributed by atoms with van der Waals surface area (Å²) in [5, 5.41) is 14.8. The molecule has 0 spiro atoms. The fourth-order valence-corrected chi connectivity index (χ4v) is 3.77. The molecule has 0 fully saturated rings. The molecule has 0 saturated heterocycles. The second-order valence-electron chi connectivity index (χ2n) is 7.31. The van der Waals surface area contributed by atoms with Gasteiger partial charge in [0, 0.05) is 19.2 Å². The molecule has 2 atom stereocenters. The largest absolute Gasteiger partial charge is 0.396 e. The third kappa shape index (κ3) is 8.55. The number of nitrogens with two attached hydrogens (primary N) is 1. The molecule has 4 nitrogen and oxygen atoms in total. The Balaban J connectivity index is 1.89. The molecule has 0 aliphatic rings. The standard InChI is InChI=1S/C24H30Cl2N2O2/c1-2-12-30-13-8-4-7-11-20(14-18-9-5-3-6-10-18)28-17-23(29)19-15-21(25)24(27)22(26)16-19/h1,3,5-6,9-10,15-16,20,23,28-29H,4,7-8,11-14,17,27H2. The van der Waals surface area contributed by atoms with Crippen molar-refractivity contribution in [3.05, 3.63) is 63.6 Å². The topological polar surface area (TPSA) is 67.5 Å². The van der Waals surface area contributed by atoms with Crippen molar-refractivity contribution >= 4 is 28.9 Å². The maximum Gasteiger partial charge on any atom is 0.107 e. The van der Waals surface area contributed by atoms with Crippen molar-refractivity contribution in [1.29, 1.82) is 0 Å². The second-order valence-corrected chi connectivity index (χ2v) is 8.13. The molecule has 4 N–H and O–H groups in total. The fourth-order valence-electron chi connectivity index (χ4n) is 3.27. The van der Waals surface area contributed by atoms with Gasteiger partial charge in [0.1, 0.15) is 6.61 Å². The van der Waals surface area contributed by atoms with Crippen LogP contribution in [0.25, 0.3) is 0 Å². The highest BCUT2D eigenvalue weighted by Gasteiger charge is 2.15. The third-order valence-corrected chi connectivity index (χ3v) is 5.56. The number of nitrogen functional groups attached to an aromatic ring is 1. The number of benzene rings is 2. The molecule has 0 aliphatic carbocycles. The number of hydrogen-bond donors (Lipinski definition) is 3. The Hall–Kier alpha value is -1.74. The predicted molar refractivity (Wildman–Crippen MR) is 126 cm³/mol. The molecule has 0 bridgehead atoms. The first-order chi connectivity index (χ1) is 14.5. The van der Waals surface area contributed by atoms with E-state index in [-0.39, 0.29) is 6.04 Å². The minimum atomic E-state index is -0.726. The van der Waals surface area contributed by atoms with Crippen LogP contribution in [0.5, 0.6) is 0 Å². The Labute approximate surface area is 189 Å². The van der Waals surface area contributed by atoms with Crippen LogP contribution in [-0.2, 0) is 11.2 Å². The van der Waals surface area contributed by atoms with Crippen molar-refractivity contribution in [1.82, 2.24) is 5.32 Å². The van der Waals surface area contributed by atoms with Crippen molar-refractivity contribution in [2.75, 3.05) is 25.5 Å². The van der Waals surface area contributed by atoms with Crippen LogP contribution in [-0.4, -0.2) is 30.9 Å². The average molecular weight is 449 g/mol. The molecular weight excluding hydrogens is 419 g/mol. The van der Waals surface area contributed by atoms with Crippen molar-refractivity contribution in [3.63, 3.8) is 0 Å². The maximum absolute atomic E-state index is 10.6. The van der Waals surface area contributed by atoms with Gasteiger partial charge < -0.3 is 20.9 Å². The number of anilines is 1. The zero-order chi connectivity index (χ0) is 21.8. The Morgan fingerprint density at radius 1 is 1.10 bits per heavy atom. The smallest absolute Gasteiger partial charge is 0.107 e. The van der Waals surface area contributed by atoms with Gasteiger partial charge in [0.15, 0.2) is 0 Å². The van der Waals surface area contributed by atoms with Crippen LogP contribution in [0.1, 0.15) is 42.9 Å². The second kappa shape index (κ2) is 13.5. The van der Waals surface area contributed by atoms with Crippen LogP contribution in [0, 0.1) is 12.3 Å². The number of aliphatic hydroxyl groups is 1. The lowest BCUT2D eigenvalue weighted by molar-refractivity contribution is 0.160. The van der Waals surface area contributed by atoms with Gasteiger partial charge in [-0.2, -0.15) is 0 Å². The van der Waals surface area contributed by atoms with Crippen molar-refractivity contribution < 1.29 is 9.84 Å². The Morgan fingerprint density at radius 3 is 2.47 bits per heavy atom. The minimum absolute atomic E-state index is 0.244. The van der Waals surface area contributed by atoms with Crippen LogP contribution in [0.4, 0.5) is 5.69 Å². The number of unbranched alkanes of at least 4 members (excludes halogenated alkanes) is 2. The summed E-state index contributed by atoms with van der Waals surface area (Å²) in [4.78, 5) is 0. The van der Waals surface area contributed by atoms with E-state index in [1.54, 1.807) is 12.1 Å². The van der Waals surface area contributed by atoms with Crippen LogP contribution in [0.15, 0.2) is 42.5 Å². The summed E-state index contributed by atoms with van der Waals surface area (Å²) in [6.07, 6.45) is 9.48. The summed E-state index contributed by atoms with van der Waals surface area (Å²) in [5.74, 6) is 2.48. The summed E-state index contributed by atoms with van der Waals surface area (Å²) < 4.78 is 5.33. The monoisotopic (exact) mass is 448 g/mol. The summed E-state index contributed by atoms with van der Waals surface area (Å²) >= 11 is 12.2. The van der Waals surface area contributed by atoms with Crippen LogP contribution in [0.3, 0.4) is 0 Å². The van der Waals surface area contributed by atoms with Crippen LogP contribution < -0.4 is 11.1 Å². The number of ether oxygens (including phenoxy) is 1. The van der Waals surface area contributed by atoms with Gasteiger partial charge in [-0.05, 0) is 42.5 Å². The van der Waals surface area contributed by atoms with Gasteiger partial charge in [-0.1, -0.05) is 72.3 Å². The molecule has 2 rings (SSSR count). The third-order valence-electron chi connectivity index (χ3n) is 4.94. The van der Waals surface area contributed by atoms with Gasteiger partial charge in [0.25, 0.3) is 0 Å². The number of halogens is 2. The zero-order valence-electron chi connectivity index (χ0n) is 17.1. The van der Waals surface area contributed by atoms with Crippen LogP contribution in [0.2, 0.25) is 10.0 Å². The summed E-state index contributed by atoms with van der Waals surface area (Å²) in [5.41, 5.74) is 8.03. The van der Waals surface area contributed by atoms with E-state index in [0.717, 1.165) is 32.1 Å². The Morgan fingerprint density at radius 2 is 1.80 bits per heavy atom. The molecule has 2 unspecified atom stereocenters. The Kier molecular flexibility index (Phi) is 11.1. The molecule has 0 saturated carbocycles. The van der Waals surface area contributed by atoms with Gasteiger partial charge in [0.2, 0.25) is 0 Å². The highest BCUT2D eigenvalue weighted by Crippen LogP contribution is 2.31. The van der Waals surface area contributed by atoms with E-state index in [9.17, 15) is 5.11 Å². The molecule has 0 radical (unpaired) electrons. The molecule has 0 heterocycles. The van der Waals surface area contributed by atoms with Gasteiger partial charge >= 0.3 is 0 Å². The highest BCUT2D eigenvalue weighted by molar-refractivity contribution is 6.38. The lowest BCUT2D eigenvalue weighted by Gasteiger charge is -2.22. The summed E-state index contributed by atoms with van der Waals surface area (Å²) in [7, 11) is 0. The molecule has 30 heavy (non-hydrogen) atoms. The van der Waals surface area contributed by atoms with Gasteiger partial charge in [0.05, 0.1) is 21.8 Å².